The van der Waals surface area contributed by atoms with E-state index in [9.17, 15) is 0 Å². The van der Waals surface area contributed by atoms with Gasteiger partial charge in [-0.1, -0.05) is 56.2 Å². The van der Waals surface area contributed by atoms with Gasteiger partial charge in [-0.15, -0.1) is 0 Å². The van der Waals surface area contributed by atoms with Crippen LogP contribution < -0.4 is 5.32 Å². The first-order chi connectivity index (χ1) is 8.86. The molecule has 1 heteroatoms. The molecule has 0 spiro atoms. The zero-order chi connectivity index (χ0) is 14.5. The fraction of sp³-hybridized carbons (Fsp3) is 0.556. The summed E-state index contributed by atoms with van der Waals surface area (Å²) in [5, 5.41) is 3.71. The highest BCUT2D eigenvalue weighted by atomic mass is 15.0. The van der Waals surface area contributed by atoms with Gasteiger partial charge in [-0.25, -0.2) is 0 Å². The highest BCUT2D eigenvalue weighted by Crippen LogP contribution is 2.21. The van der Waals surface area contributed by atoms with Gasteiger partial charge in [0.2, 0.25) is 0 Å². The van der Waals surface area contributed by atoms with Crippen molar-refractivity contribution >= 4 is 0 Å². The Morgan fingerprint density at radius 1 is 1.16 bits per heavy atom. The van der Waals surface area contributed by atoms with Crippen molar-refractivity contribution in [3.63, 3.8) is 0 Å². The summed E-state index contributed by atoms with van der Waals surface area (Å²) in [5.74, 6) is 0.670. The van der Waals surface area contributed by atoms with Crippen LogP contribution in [0, 0.1) is 5.92 Å². The molecule has 0 amide bonds. The van der Waals surface area contributed by atoms with Gasteiger partial charge in [-0.3, -0.25) is 0 Å². The van der Waals surface area contributed by atoms with Crippen LogP contribution >= 0.6 is 0 Å². The summed E-state index contributed by atoms with van der Waals surface area (Å²) >= 11 is 0. The largest absolute Gasteiger partial charge is 0.307 e. The normalized spacial score (nSPS) is 22.5. The molecule has 0 aromatic rings. The van der Waals surface area contributed by atoms with Crippen molar-refractivity contribution in [2.75, 3.05) is 6.54 Å². The van der Waals surface area contributed by atoms with Crippen molar-refractivity contribution in [2.45, 2.75) is 53.5 Å². The molecule has 0 saturated heterocycles. The molecule has 1 atom stereocenters. The average molecular weight is 259 g/mol. The quantitative estimate of drug-likeness (QED) is 0.748. The van der Waals surface area contributed by atoms with Gasteiger partial charge >= 0.3 is 0 Å². The van der Waals surface area contributed by atoms with Crippen LogP contribution in [0.2, 0.25) is 0 Å². The van der Waals surface area contributed by atoms with Gasteiger partial charge in [0, 0.05) is 12.1 Å². The summed E-state index contributed by atoms with van der Waals surface area (Å²) in [6.45, 7) is 14.4. The molecular weight excluding hydrogens is 230 g/mol. The standard InChI is InChI=1S/C18H29N/c1-7-16(4)18(5,6)19-13-17-12-11-14(2)9-8-10-15(17)3/h8-12,16,19H,7,13H2,1-6H3/b9-8-,10-8?,12-11?,14-9?,14-11+,15-10?,17-12?,17-15?. The van der Waals surface area contributed by atoms with Crippen molar-refractivity contribution in [1.82, 2.24) is 5.32 Å². The smallest absolute Gasteiger partial charge is 0.0213 e. The van der Waals surface area contributed by atoms with Crippen LogP contribution in [0.3, 0.4) is 0 Å². The lowest BCUT2D eigenvalue weighted by Gasteiger charge is -2.33. The number of hydrogen-bond donors (Lipinski definition) is 1. The minimum Gasteiger partial charge on any atom is -0.307 e. The van der Waals surface area contributed by atoms with Gasteiger partial charge in [0.15, 0.2) is 0 Å². The molecule has 0 saturated carbocycles. The molecule has 0 aromatic carbocycles. The SMILES string of the molecule is CCC(C)C(C)(C)NCC1=C/C=C(C)/C=C\C=C1C. The molecule has 0 heterocycles. The topological polar surface area (TPSA) is 12.0 Å². The van der Waals surface area contributed by atoms with E-state index in [0.29, 0.717) is 5.92 Å². The van der Waals surface area contributed by atoms with Gasteiger partial charge in [-0.05, 0) is 44.8 Å². The van der Waals surface area contributed by atoms with Crippen molar-refractivity contribution in [1.29, 1.82) is 0 Å². The molecule has 1 rings (SSSR count). The van der Waals surface area contributed by atoms with E-state index in [-0.39, 0.29) is 5.54 Å². The Balaban J connectivity index is 2.76. The molecule has 0 aromatic heterocycles. The predicted molar refractivity (Wildman–Crippen MR) is 86.3 cm³/mol. The number of hydrogen-bond acceptors (Lipinski definition) is 1. The third-order valence-electron chi connectivity index (χ3n) is 4.34. The van der Waals surface area contributed by atoms with Crippen LogP contribution in [-0.2, 0) is 0 Å². The van der Waals surface area contributed by atoms with E-state index in [0.717, 1.165) is 6.54 Å². The maximum atomic E-state index is 3.71. The van der Waals surface area contributed by atoms with Gasteiger partial charge in [0.25, 0.3) is 0 Å². The van der Waals surface area contributed by atoms with Crippen LogP contribution in [0.25, 0.3) is 0 Å². The fourth-order valence-corrected chi connectivity index (χ4v) is 2.08. The van der Waals surface area contributed by atoms with Crippen LogP contribution in [0.15, 0.2) is 47.1 Å². The molecule has 0 bridgehead atoms. The molecule has 19 heavy (non-hydrogen) atoms. The lowest BCUT2D eigenvalue weighted by molar-refractivity contribution is 0.271. The van der Waals surface area contributed by atoms with Gasteiger partial charge in [-0.2, -0.15) is 0 Å². The lowest BCUT2D eigenvalue weighted by atomic mass is 9.86. The second kappa shape index (κ2) is 6.91. The van der Waals surface area contributed by atoms with E-state index in [1.807, 2.05) is 0 Å². The Labute approximate surface area is 119 Å². The molecule has 0 radical (unpaired) electrons. The first kappa shape index (κ1) is 16.0. The second-order valence-corrected chi connectivity index (χ2v) is 6.20. The Hall–Kier alpha value is -1.08. The van der Waals surface area contributed by atoms with Crippen molar-refractivity contribution in [2.24, 2.45) is 5.92 Å². The van der Waals surface area contributed by atoms with Crippen LogP contribution in [-0.4, -0.2) is 12.1 Å². The second-order valence-electron chi connectivity index (χ2n) is 6.20. The maximum Gasteiger partial charge on any atom is 0.0213 e. The zero-order valence-electron chi connectivity index (χ0n) is 13.4. The summed E-state index contributed by atoms with van der Waals surface area (Å²) in [6.07, 6.45) is 12.1. The van der Waals surface area contributed by atoms with Crippen molar-refractivity contribution in [3.05, 3.63) is 47.1 Å². The molecule has 0 aliphatic heterocycles. The van der Waals surface area contributed by atoms with E-state index in [1.54, 1.807) is 0 Å². The minimum atomic E-state index is 0.173. The van der Waals surface area contributed by atoms with Crippen LogP contribution in [0.5, 0.6) is 0 Å². The third kappa shape index (κ3) is 4.83. The molecule has 1 nitrogen and oxygen atoms in total. The molecule has 1 aliphatic carbocycles. The monoisotopic (exact) mass is 259 g/mol. The summed E-state index contributed by atoms with van der Waals surface area (Å²) in [5.41, 5.74) is 4.18. The highest BCUT2D eigenvalue weighted by Gasteiger charge is 2.23. The number of nitrogens with one attached hydrogen (secondary N) is 1. The fourth-order valence-electron chi connectivity index (χ4n) is 2.08. The van der Waals surface area contributed by atoms with Gasteiger partial charge in [0.1, 0.15) is 0 Å². The summed E-state index contributed by atoms with van der Waals surface area (Å²) in [4.78, 5) is 0. The molecule has 1 aliphatic rings. The van der Waals surface area contributed by atoms with Crippen molar-refractivity contribution in [3.8, 4) is 0 Å². The average Bonchev–Trinajstić information content (AvgIpc) is 2.35. The number of allylic oxidation sites excluding steroid dienone is 6. The molecular formula is C18H29N. The Morgan fingerprint density at radius 3 is 2.47 bits per heavy atom. The molecule has 0 fully saturated rings. The summed E-state index contributed by atoms with van der Waals surface area (Å²) in [6, 6.07) is 0. The van der Waals surface area contributed by atoms with Gasteiger partial charge in [0.05, 0.1) is 0 Å². The Bertz CT molecular complexity index is 419. The van der Waals surface area contributed by atoms with E-state index in [2.05, 4.69) is 77.2 Å². The molecule has 106 valence electrons. The third-order valence-corrected chi connectivity index (χ3v) is 4.34. The van der Waals surface area contributed by atoms with E-state index >= 15 is 0 Å². The first-order valence-electron chi connectivity index (χ1n) is 7.34. The zero-order valence-corrected chi connectivity index (χ0v) is 13.4. The number of rotatable bonds is 5. The van der Waals surface area contributed by atoms with Gasteiger partial charge < -0.3 is 5.32 Å². The Morgan fingerprint density at radius 2 is 1.84 bits per heavy atom. The van der Waals surface area contributed by atoms with E-state index < -0.39 is 0 Å². The predicted octanol–water partition coefficient (Wildman–Crippen LogP) is 4.79. The lowest BCUT2D eigenvalue weighted by Crippen LogP contribution is -2.45. The highest BCUT2D eigenvalue weighted by molar-refractivity contribution is 5.40. The van der Waals surface area contributed by atoms with Crippen LogP contribution in [0.4, 0.5) is 0 Å². The van der Waals surface area contributed by atoms with Crippen LogP contribution in [0.1, 0.15) is 48.0 Å². The first-order valence-corrected chi connectivity index (χ1v) is 7.34. The minimum absolute atomic E-state index is 0.173. The summed E-state index contributed by atoms with van der Waals surface area (Å²) < 4.78 is 0. The Kier molecular flexibility index (Phi) is 5.81. The summed E-state index contributed by atoms with van der Waals surface area (Å²) in [7, 11) is 0. The van der Waals surface area contributed by atoms with Crippen molar-refractivity contribution < 1.29 is 0 Å². The molecule has 1 N–H and O–H groups in total. The molecule has 1 unspecified atom stereocenters. The van der Waals surface area contributed by atoms with E-state index in [1.165, 1.54) is 23.1 Å². The van der Waals surface area contributed by atoms with E-state index in [4.69, 9.17) is 0 Å². The maximum absolute atomic E-state index is 3.71.